The molecule has 9 heteroatoms. The normalized spacial score (nSPS) is 13.7. The van der Waals surface area contributed by atoms with E-state index >= 15 is 0 Å². The Bertz CT molecular complexity index is 1050. The minimum absolute atomic E-state index is 0.329. The van der Waals surface area contributed by atoms with E-state index in [9.17, 15) is 4.79 Å². The number of aromatic nitrogens is 2. The first-order valence-corrected chi connectivity index (χ1v) is 11.8. The molecule has 0 aliphatic carbocycles. The molecule has 0 unspecified atom stereocenters. The molecule has 0 atom stereocenters. The van der Waals surface area contributed by atoms with Gasteiger partial charge in [0.25, 0.3) is 0 Å². The molecule has 0 amide bonds. The van der Waals surface area contributed by atoms with Crippen LogP contribution in [-0.4, -0.2) is 58.7 Å². The zero-order chi connectivity index (χ0) is 22.3. The van der Waals surface area contributed by atoms with Crippen molar-refractivity contribution >= 4 is 45.6 Å². The van der Waals surface area contributed by atoms with Crippen molar-refractivity contribution < 1.29 is 9.53 Å². The van der Waals surface area contributed by atoms with Crippen LogP contribution in [0.15, 0.2) is 54.9 Å². The van der Waals surface area contributed by atoms with Gasteiger partial charge in [-0.1, -0.05) is 30.3 Å². The molecule has 1 N–H and O–H groups in total. The minimum atomic E-state index is -0.334. The Labute approximate surface area is 197 Å². The molecule has 32 heavy (non-hydrogen) atoms. The van der Waals surface area contributed by atoms with Crippen molar-refractivity contribution in [1.82, 2.24) is 14.9 Å². The number of thiophene rings is 1. The molecule has 0 spiro atoms. The summed E-state index contributed by atoms with van der Waals surface area (Å²) in [7, 11) is 0. The van der Waals surface area contributed by atoms with Crippen LogP contribution in [0.25, 0.3) is 0 Å². The smallest absolute Gasteiger partial charge is 0.341 e. The second-order valence-electron chi connectivity index (χ2n) is 7.29. The van der Waals surface area contributed by atoms with Gasteiger partial charge in [0.15, 0.2) is 5.11 Å². The standard InChI is InChI=1S/C23H25N5O2S2/c1-2-30-21(29)19-16-18(15-17-7-4-3-5-8-17)32-20(19)26-23(31)28-13-11-27(12-14-28)22-24-9-6-10-25-22/h3-10,16H,2,11-15H2,1H3,(H,26,31). The van der Waals surface area contributed by atoms with E-state index in [1.165, 1.54) is 5.56 Å². The van der Waals surface area contributed by atoms with Gasteiger partial charge in [-0.25, -0.2) is 14.8 Å². The molecule has 3 aromatic rings. The first kappa shape index (κ1) is 22.2. The van der Waals surface area contributed by atoms with E-state index in [0.717, 1.165) is 48.4 Å². The molecule has 1 fully saturated rings. The second kappa shape index (κ2) is 10.5. The van der Waals surface area contributed by atoms with Crippen molar-refractivity contribution in [3.05, 3.63) is 70.9 Å². The highest BCUT2D eigenvalue weighted by atomic mass is 32.1. The van der Waals surface area contributed by atoms with Crippen LogP contribution in [0, 0.1) is 0 Å². The fraction of sp³-hybridized carbons (Fsp3) is 0.304. The lowest BCUT2D eigenvalue weighted by Gasteiger charge is -2.36. The van der Waals surface area contributed by atoms with E-state index in [-0.39, 0.29) is 5.97 Å². The summed E-state index contributed by atoms with van der Waals surface area (Å²) in [5.41, 5.74) is 1.72. The van der Waals surface area contributed by atoms with Crippen molar-refractivity contribution in [2.24, 2.45) is 0 Å². The maximum atomic E-state index is 12.6. The van der Waals surface area contributed by atoms with Gasteiger partial charge < -0.3 is 19.9 Å². The molecule has 2 aromatic heterocycles. The number of rotatable bonds is 6. The number of benzene rings is 1. The number of carbonyl (C=O) groups excluding carboxylic acids is 1. The maximum Gasteiger partial charge on any atom is 0.341 e. The second-order valence-corrected chi connectivity index (χ2v) is 8.81. The van der Waals surface area contributed by atoms with Crippen LogP contribution in [-0.2, 0) is 11.2 Å². The predicted octanol–water partition coefficient (Wildman–Crippen LogP) is 3.82. The summed E-state index contributed by atoms with van der Waals surface area (Å²) in [6.07, 6.45) is 4.26. The van der Waals surface area contributed by atoms with Crippen molar-refractivity contribution in [2.45, 2.75) is 13.3 Å². The molecule has 0 saturated carbocycles. The maximum absolute atomic E-state index is 12.6. The number of carbonyl (C=O) groups is 1. The van der Waals surface area contributed by atoms with Gasteiger partial charge in [0, 0.05) is 49.9 Å². The number of ether oxygens (including phenoxy) is 1. The number of nitrogens with zero attached hydrogens (tertiary/aromatic N) is 4. The topological polar surface area (TPSA) is 70.6 Å². The van der Waals surface area contributed by atoms with E-state index in [2.05, 4.69) is 37.2 Å². The Morgan fingerprint density at radius 1 is 1.12 bits per heavy atom. The summed E-state index contributed by atoms with van der Waals surface area (Å²) in [5, 5.41) is 4.64. The molecule has 166 valence electrons. The van der Waals surface area contributed by atoms with E-state index < -0.39 is 0 Å². The molecule has 7 nitrogen and oxygen atoms in total. The molecule has 1 aromatic carbocycles. The quantitative estimate of drug-likeness (QED) is 0.433. The van der Waals surface area contributed by atoms with Gasteiger partial charge >= 0.3 is 5.97 Å². The van der Waals surface area contributed by atoms with Gasteiger partial charge in [0.05, 0.1) is 12.2 Å². The number of nitrogens with one attached hydrogen (secondary N) is 1. The van der Waals surface area contributed by atoms with Crippen LogP contribution in [0.3, 0.4) is 0 Å². The lowest BCUT2D eigenvalue weighted by molar-refractivity contribution is 0.0528. The zero-order valence-electron chi connectivity index (χ0n) is 17.9. The third kappa shape index (κ3) is 5.41. The molecule has 4 rings (SSSR count). The lowest BCUT2D eigenvalue weighted by atomic mass is 10.1. The first-order valence-electron chi connectivity index (χ1n) is 10.6. The molecular formula is C23H25N5O2S2. The Kier molecular flexibility index (Phi) is 7.28. The van der Waals surface area contributed by atoms with Crippen LogP contribution < -0.4 is 10.2 Å². The monoisotopic (exact) mass is 467 g/mol. The summed E-state index contributed by atoms with van der Waals surface area (Å²) in [5.74, 6) is 0.402. The summed E-state index contributed by atoms with van der Waals surface area (Å²) in [6, 6.07) is 13.9. The molecule has 1 saturated heterocycles. The predicted molar refractivity (Wildman–Crippen MR) is 132 cm³/mol. The Morgan fingerprint density at radius 3 is 2.53 bits per heavy atom. The summed E-state index contributed by atoms with van der Waals surface area (Å²) < 4.78 is 5.27. The molecule has 1 aliphatic rings. The number of piperazine rings is 1. The Balaban J connectivity index is 1.44. The highest BCUT2D eigenvalue weighted by molar-refractivity contribution is 7.80. The highest BCUT2D eigenvalue weighted by Crippen LogP contribution is 2.31. The minimum Gasteiger partial charge on any atom is -0.462 e. The fourth-order valence-electron chi connectivity index (χ4n) is 3.52. The average Bonchev–Trinajstić information content (AvgIpc) is 3.22. The third-order valence-electron chi connectivity index (χ3n) is 5.12. The summed E-state index contributed by atoms with van der Waals surface area (Å²) in [6.45, 7) is 5.20. The van der Waals surface area contributed by atoms with Gasteiger partial charge in [-0.3, -0.25) is 0 Å². The highest BCUT2D eigenvalue weighted by Gasteiger charge is 2.23. The van der Waals surface area contributed by atoms with Crippen molar-refractivity contribution in [2.75, 3.05) is 43.0 Å². The molecule has 0 bridgehead atoms. The Morgan fingerprint density at radius 2 is 1.84 bits per heavy atom. The van der Waals surface area contributed by atoms with E-state index in [4.69, 9.17) is 17.0 Å². The van der Waals surface area contributed by atoms with Crippen molar-refractivity contribution in [3.8, 4) is 0 Å². The number of anilines is 2. The van der Waals surface area contributed by atoms with E-state index in [1.807, 2.05) is 37.3 Å². The van der Waals surface area contributed by atoms with Crippen LogP contribution in [0.1, 0.15) is 27.7 Å². The van der Waals surface area contributed by atoms with Crippen LogP contribution in [0.2, 0.25) is 0 Å². The Hall–Kier alpha value is -3.04. The van der Waals surface area contributed by atoms with E-state index in [1.54, 1.807) is 23.7 Å². The average molecular weight is 468 g/mol. The molecule has 1 aliphatic heterocycles. The van der Waals surface area contributed by atoms with Crippen LogP contribution >= 0.6 is 23.6 Å². The SMILES string of the molecule is CCOC(=O)c1cc(Cc2ccccc2)sc1NC(=S)N1CCN(c2ncccn2)CC1. The number of hydrogen-bond acceptors (Lipinski definition) is 7. The van der Waals surface area contributed by atoms with Crippen LogP contribution in [0.4, 0.5) is 10.9 Å². The molecule has 3 heterocycles. The van der Waals surface area contributed by atoms with Gasteiger partial charge in [-0.15, -0.1) is 11.3 Å². The number of hydrogen-bond donors (Lipinski definition) is 1. The van der Waals surface area contributed by atoms with Gasteiger partial charge in [0.1, 0.15) is 5.00 Å². The fourth-order valence-corrected chi connectivity index (χ4v) is 4.95. The lowest BCUT2D eigenvalue weighted by Crippen LogP contribution is -2.50. The first-order chi connectivity index (χ1) is 15.6. The summed E-state index contributed by atoms with van der Waals surface area (Å²) in [4.78, 5) is 26.5. The van der Waals surface area contributed by atoms with Gasteiger partial charge in [0.2, 0.25) is 5.95 Å². The van der Waals surface area contributed by atoms with E-state index in [0.29, 0.717) is 17.3 Å². The van der Waals surface area contributed by atoms with Gasteiger partial charge in [-0.2, -0.15) is 0 Å². The largest absolute Gasteiger partial charge is 0.462 e. The zero-order valence-corrected chi connectivity index (χ0v) is 19.5. The third-order valence-corrected chi connectivity index (χ3v) is 6.53. The molecule has 0 radical (unpaired) electrons. The summed E-state index contributed by atoms with van der Waals surface area (Å²) >= 11 is 7.22. The van der Waals surface area contributed by atoms with Crippen molar-refractivity contribution in [3.63, 3.8) is 0 Å². The van der Waals surface area contributed by atoms with Crippen LogP contribution in [0.5, 0.6) is 0 Å². The molecular weight excluding hydrogens is 442 g/mol. The van der Waals surface area contributed by atoms with Gasteiger partial charge in [-0.05, 0) is 36.8 Å². The van der Waals surface area contributed by atoms with Crippen molar-refractivity contribution in [1.29, 1.82) is 0 Å². The number of esters is 1. The number of thiocarbonyl (C=S) groups is 1.